The monoisotopic (exact) mass is 400 g/mol. The summed E-state index contributed by atoms with van der Waals surface area (Å²) in [6.45, 7) is 15.6. The molecule has 5 heteroatoms. The SMILES string of the molecule is CC(=O)O[C@H](CI)CO[Si](C(C)C)(C(C)C)C(C)C. The van der Waals surface area contributed by atoms with Crippen LogP contribution in [-0.4, -0.2) is 31.4 Å². The highest BCUT2D eigenvalue weighted by Crippen LogP contribution is 2.42. The van der Waals surface area contributed by atoms with E-state index in [9.17, 15) is 4.79 Å². The van der Waals surface area contributed by atoms with Crippen LogP contribution in [0.4, 0.5) is 0 Å². The average molecular weight is 400 g/mol. The van der Waals surface area contributed by atoms with Gasteiger partial charge in [0.1, 0.15) is 6.10 Å². The highest BCUT2D eigenvalue weighted by Gasteiger charge is 2.45. The third-order valence-corrected chi connectivity index (χ3v) is 10.8. The van der Waals surface area contributed by atoms with Gasteiger partial charge in [-0.25, -0.2) is 0 Å². The van der Waals surface area contributed by atoms with Crippen LogP contribution in [0.25, 0.3) is 0 Å². The van der Waals surface area contributed by atoms with Gasteiger partial charge < -0.3 is 9.16 Å². The van der Waals surface area contributed by atoms with E-state index in [1.165, 1.54) is 6.92 Å². The number of hydrogen-bond acceptors (Lipinski definition) is 3. The number of hydrogen-bond donors (Lipinski definition) is 0. The van der Waals surface area contributed by atoms with E-state index in [1.807, 2.05) is 0 Å². The predicted molar refractivity (Wildman–Crippen MR) is 91.4 cm³/mol. The van der Waals surface area contributed by atoms with Gasteiger partial charge in [0, 0.05) is 11.4 Å². The standard InChI is InChI=1S/C14H29IO3Si/c1-10(2)19(11(3)4,12(5)6)17-9-14(8-15)18-13(7)16/h10-12,14H,8-9H2,1-7H3/t14-/m1/s1. The molecule has 114 valence electrons. The molecule has 0 radical (unpaired) electrons. The number of alkyl halides is 1. The second-order valence-corrected chi connectivity index (χ2v) is 12.4. The topological polar surface area (TPSA) is 35.5 Å². The van der Waals surface area contributed by atoms with Crippen molar-refractivity contribution in [1.29, 1.82) is 0 Å². The summed E-state index contributed by atoms with van der Waals surface area (Å²) >= 11 is 2.24. The molecule has 0 saturated carbocycles. The average Bonchev–Trinajstić information content (AvgIpc) is 2.26. The molecule has 0 saturated heterocycles. The van der Waals surface area contributed by atoms with Crippen molar-refractivity contribution in [2.75, 3.05) is 11.0 Å². The van der Waals surface area contributed by atoms with Crippen LogP contribution in [0.3, 0.4) is 0 Å². The van der Waals surface area contributed by atoms with Crippen LogP contribution in [0, 0.1) is 0 Å². The molecule has 0 heterocycles. The molecule has 0 unspecified atom stereocenters. The third kappa shape index (κ3) is 5.34. The Balaban J connectivity index is 4.88. The summed E-state index contributed by atoms with van der Waals surface area (Å²) in [5.74, 6) is -0.226. The fourth-order valence-electron chi connectivity index (χ4n) is 3.08. The highest BCUT2D eigenvalue weighted by molar-refractivity contribution is 14.1. The van der Waals surface area contributed by atoms with Gasteiger partial charge in [0.2, 0.25) is 8.32 Å². The molecule has 0 rings (SSSR count). The van der Waals surface area contributed by atoms with Gasteiger partial charge in [-0.1, -0.05) is 64.1 Å². The Morgan fingerprint density at radius 1 is 1.05 bits per heavy atom. The van der Waals surface area contributed by atoms with Gasteiger partial charge in [-0.2, -0.15) is 0 Å². The van der Waals surface area contributed by atoms with Crippen LogP contribution < -0.4 is 0 Å². The van der Waals surface area contributed by atoms with E-state index in [0.717, 1.165) is 4.43 Å². The molecular weight excluding hydrogens is 371 g/mol. The maximum Gasteiger partial charge on any atom is 0.303 e. The number of carbonyl (C=O) groups excluding carboxylic acids is 1. The van der Waals surface area contributed by atoms with E-state index >= 15 is 0 Å². The largest absolute Gasteiger partial charge is 0.459 e. The van der Waals surface area contributed by atoms with Crippen molar-refractivity contribution >= 4 is 36.9 Å². The van der Waals surface area contributed by atoms with Gasteiger partial charge in [0.15, 0.2) is 0 Å². The van der Waals surface area contributed by atoms with Crippen molar-refractivity contribution in [1.82, 2.24) is 0 Å². The molecule has 1 atom stereocenters. The quantitative estimate of drug-likeness (QED) is 0.260. The zero-order chi connectivity index (χ0) is 15.2. The number of ether oxygens (including phenoxy) is 1. The zero-order valence-corrected chi connectivity index (χ0v) is 16.5. The van der Waals surface area contributed by atoms with E-state index in [0.29, 0.717) is 23.2 Å². The van der Waals surface area contributed by atoms with Gasteiger partial charge >= 0.3 is 5.97 Å². The van der Waals surface area contributed by atoms with Gasteiger partial charge in [-0.3, -0.25) is 4.79 Å². The maximum absolute atomic E-state index is 11.1. The minimum atomic E-state index is -1.85. The number of carbonyl (C=O) groups is 1. The lowest BCUT2D eigenvalue weighted by Gasteiger charge is -2.42. The van der Waals surface area contributed by atoms with Crippen molar-refractivity contribution in [3.8, 4) is 0 Å². The van der Waals surface area contributed by atoms with Crippen LogP contribution in [0.1, 0.15) is 48.5 Å². The molecule has 0 aliphatic carbocycles. The lowest BCUT2D eigenvalue weighted by Crippen LogP contribution is -2.49. The van der Waals surface area contributed by atoms with Crippen molar-refractivity contribution in [2.24, 2.45) is 0 Å². The Kier molecular flexibility index (Phi) is 8.79. The highest BCUT2D eigenvalue weighted by atomic mass is 127. The molecule has 0 aliphatic rings. The first-order valence-electron chi connectivity index (χ1n) is 7.05. The smallest absolute Gasteiger partial charge is 0.303 e. The molecule has 19 heavy (non-hydrogen) atoms. The van der Waals surface area contributed by atoms with Crippen LogP contribution in [-0.2, 0) is 14.0 Å². The molecule has 3 nitrogen and oxygen atoms in total. The van der Waals surface area contributed by atoms with E-state index < -0.39 is 8.32 Å². The number of rotatable bonds is 8. The van der Waals surface area contributed by atoms with Crippen molar-refractivity contribution in [3.63, 3.8) is 0 Å². The molecule has 0 N–H and O–H groups in total. The maximum atomic E-state index is 11.1. The van der Waals surface area contributed by atoms with Gasteiger partial charge in [0.05, 0.1) is 6.61 Å². The van der Waals surface area contributed by atoms with Crippen molar-refractivity contribution in [2.45, 2.75) is 71.2 Å². The van der Waals surface area contributed by atoms with Crippen molar-refractivity contribution in [3.05, 3.63) is 0 Å². The summed E-state index contributed by atoms with van der Waals surface area (Å²) in [7, 11) is -1.85. The minimum Gasteiger partial charge on any atom is -0.459 e. The van der Waals surface area contributed by atoms with Crippen molar-refractivity contribution < 1.29 is 14.0 Å². The van der Waals surface area contributed by atoms with Gasteiger partial charge in [0.25, 0.3) is 0 Å². The molecule has 0 aliphatic heterocycles. The molecule has 0 bridgehead atoms. The van der Waals surface area contributed by atoms with Crippen LogP contribution in [0.15, 0.2) is 0 Å². The van der Waals surface area contributed by atoms with E-state index in [1.54, 1.807) is 0 Å². The number of esters is 1. The van der Waals surface area contributed by atoms with E-state index in [4.69, 9.17) is 9.16 Å². The van der Waals surface area contributed by atoms with Crippen LogP contribution in [0.5, 0.6) is 0 Å². The summed E-state index contributed by atoms with van der Waals surface area (Å²) in [4.78, 5) is 11.1. The molecule has 0 aromatic heterocycles. The first-order chi connectivity index (χ1) is 8.68. The summed E-state index contributed by atoms with van der Waals surface area (Å²) < 4.78 is 12.5. The Morgan fingerprint density at radius 2 is 1.47 bits per heavy atom. The Morgan fingerprint density at radius 3 is 1.74 bits per heavy atom. The summed E-state index contributed by atoms with van der Waals surface area (Å²) in [6.07, 6.45) is -0.124. The fourth-order valence-corrected chi connectivity index (χ4v) is 8.99. The molecule has 0 aromatic rings. The third-order valence-electron chi connectivity index (χ3n) is 3.73. The molecule has 0 amide bonds. The molecular formula is C14H29IO3Si. The normalized spacial score (nSPS) is 14.3. The summed E-state index contributed by atoms with van der Waals surface area (Å²) in [5, 5.41) is 0. The minimum absolute atomic E-state index is 0.124. The van der Waals surface area contributed by atoms with E-state index in [2.05, 4.69) is 64.1 Å². The predicted octanol–water partition coefficient (Wildman–Crippen LogP) is 4.55. The van der Waals surface area contributed by atoms with Gasteiger partial charge in [-0.05, 0) is 16.6 Å². The Bertz CT molecular complexity index is 258. The van der Waals surface area contributed by atoms with Crippen LogP contribution in [0.2, 0.25) is 16.6 Å². The lowest BCUT2D eigenvalue weighted by atomic mass is 10.4. The molecule has 0 aromatic carbocycles. The first kappa shape index (κ1) is 19.4. The van der Waals surface area contributed by atoms with Gasteiger partial charge in [-0.15, -0.1) is 0 Å². The van der Waals surface area contributed by atoms with Crippen LogP contribution >= 0.6 is 22.6 Å². The summed E-state index contributed by atoms with van der Waals surface area (Å²) in [6, 6.07) is 0. The summed E-state index contributed by atoms with van der Waals surface area (Å²) in [5.41, 5.74) is 1.67. The Hall–Kier alpha value is 0.377. The molecule has 0 spiro atoms. The zero-order valence-electron chi connectivity index (χ0n) is 13.3. The Labute approximate surface area is 133 Å². The lowest BCUT2D eigenvalue weighted by molar-refractivity contribution is -0.146. The number of halogens is 1. The second-order valence-electron chi connectivity index (χ2n) is 6.01. The second kappa shape index (κ2) is 8.62. The van der Waals surface area contributed by atoms with E-state index in [-0.39, 0.29) is 12.1 Å². The fraction of sp³-hybridized carbons (Fsp3) is 0.929. The first-order valence-corrected chi connectivity index (χ1v) is 10.7. The molecule has 0 fully saturated rings.